The highest BCUT2D eigenvalue weighted by Crippen LogP contribution is 2.27. The number of thiophene rings is 1. The Morgan fingerprint density at radius 2 is 2.28 bits per heavy atom. The van der Waals surface area contributed by atoms with Gasteiger partial charge in [0.05, 0.1) is 4.34 Å². The first-order valence-electron chi connectivity index (χ1n) is 5.95. The molecule has 1 aliphatic heterocycles. The molecule has 1 N–H and O–H groups in total. The smallest absolute Gasteiger partial charge is 0.252 e. The number of hydrogen-bond acceptors (Lipinski definition) is 4. The van der Waals surface area contributed by atoms with E-state index >= 15 is 0 Å². The molecule has 0 spiro atoms. The summed E-state index contributed by atoms with van der Waals surface area (Å²) >= 11 is 6.89. The Labute approximate surface area is 117 Å². The Balaban J connectivity index is 2.05. The lowest BCUT2D eigenvalue weighted by molar-refractivity contribution is 0.338. The maximum absolute atomic E-state index is 12.3. The van der Waals surface area contributed by atoms with Crippen molar-refractivity contribution in [3.8, 4) is 0 Å². The average Bonchev–Trinajstić information content (AvgIpc) is 2.78. The molecule has 2 heterocycles. The predicted molar refractivity (Wildman–Crippen MR) is 74.8 cm³/mol. The minimum Gasteiger partial charge on any atom is -0.313 e. The summed E-state index contributed by atoms with van der Waals surface area (Å²) in [6.45, 7) is 1.49. The van der Waals surface area contributed by atoms with E-state index in [0.717, 1.165) is 30.7 Å². The Bertz CT molecular complexity index is 495. The number of rotatable bonds is 4. The summed E-state index contributed by atoms with van der Waals surface area (Å²) in [5, 5.41) is 3.35. The molecule has 0 amide bonds. The highest BCUT2D eigenvalue weighted by molar-refractivity contribution is 7.91. The minimum atomic E-state index is -3.39. The molecule has 0 aromatic carbocycles. The quantitative estimate of drug-likeness (QED) is 0.927. The van der Waals surface area contributed by atoms with E-state index in [1.165, 1.54) is 10.7 Å². The number of halogens is 1. The van der Waals surface area contributed by atoms with Gasteiger partial charge in [0.1, 0.15) is 4.21 Å². The molecule has 102 valence electrons. The van der Waals surface area contributed by atoms with Crippen LogP contribution in [0.1, 0.15) is 19.3 Å². The molecule has 1 aromatic heterocycles. The number of hydrogen-bond donors (Lipinski definition) is 1. The van der Waals surface area contributed by atoms with E-state index in [0.29, 0.717) is 15.1 Å². The highest BCUT2D eigenvalue weighted by atomic mass is 35.5. The summed E-state index contributed by atoms with van der Waals surface area (Å²) in [5.74, 6) is 0. The first-order chi connectivity index (χ1) is 8.50. The third-order valence-corrected chi connectivity index (χ3v) is 6.62. The molecule has 0 saturated carbocycles. The molecule has 4 nitrogen and oxygen atoms in total. The van der Waals surface area contributed by atoms with Crippen LogP contribution in [0, 0.1) is 0 Å². The zero-order chi connectivity index (χ0) is 13.2. The number of nitrogens with one attached hydrogen (secondary N) is 1. The lowest BCUT2D eigenvalue weighted by Gasteiger charge is -2.27. The van der Waals surface area contributed by atoms with E-state index in [4.69, 9.17) is 11.6 Å². The van der Waals surface area contributed by atoms with E-state index in [2.05, 4.69) is 5.32 Å². The van der Waals surface area contributed by atoms with Gasteiger partial charge >= 0.3 is 0 Å². The van der Waals surface area contributed by atoms with E-state index in [1.807, 2.05) is 0 Å². The lowest BCUT2D eigenvalue weighted by Crippen LogP contribution is -2.44. The van der Waals surface area contributed by atoms with Crippen LogP contribution >= 0.6 is 22.9 Å². The Kier molecular flexibility index (Phi) is 4.66. The monoisotopic (exact) mass is 308 g/mol. The van der Waals surface area contributed by atoms with Gasteiger partial charge in [0, 0.05) is 19.6 Å². The van der Waals surface area contributed by atoms with Crippen molar-refractivity contribution in [1.82, 2.24) is 9.62 Å². The van der Waals surface area contributed by atoms with Crippen molar-refractivity contribution in [2.24, 2.45) is 0 Å². The van der Waals surface area contributed by atoms with Crippen LogP contribution < -0.4 is 5.32 Å². The molecule has 1 unspecified atom stereocenters. The standard InChI is InChI=1S/C11H17ClN2O2S2/c1-14(8-9-4-2-3-7-13-9)18(15,16)11-6-5-10(12)17-11/h5-6,9,13H,2-4,7-8H2,1H3. The zero-order valence-electron chi connectivity index (χ0n) is 10.2. The van der Waals surface area contributed by atoms with Crippen LogP contribution in [0.15, 0.2) is 16.3 Å². The topological polar surface area (TPSA) is 49.4 Å². The normalized spacial score (nSPS) is 21.4. The van der Waals surface area contributed by atoms with Gasteiger partial charge in [-0.1, -0.05) is 18.0 Å². The molecule has 0 bridgehead atoms. The fourth-order valence-electron chi connectivity index (χ4n) is 2.08. The van der Waals surface area contributed by atoms with Gasteiger partial charge in [-0.2, -0.15) is 4.31 Å². The summed E-state index contributed by atoms with van der Waals surface area (Å²) < 4.78 is 26.8. The van der Waals surface area contributed by atoms with Gasteiger partial charge in [-0.15, -0.1) is 11.3 Å². The van der Waals surface area contributed by atoms with E-state index in [9.17, 15) is 8.42 Å². The van der Waals surface area contributed by atoms with Gasteiger partial charge < -0.3 is 5.32 Å². The van der Waals surface area contributed by atoms with E-state index in [-0.39, 0.29) is 6.04 Å². The Hall–Kier alpha value is -0.140. The largest absolute Gasteiger partial charge is 0.313 e. The maximum atomic E-state index is 12.3. The fourth-order valence-corrected chi connectivity index (χ4v) is 4.99. The van der Waals surface area contributed by atoms with Gasteiger partial charge in [-0.05, 0) is 31.5 Å². The minimum absolute atomic E-state index is 0.258. The summed E-state index contributed by atoms with van der Waals surface area (Å²) in [5.41, 5.74) is 0. The molecule has 0 radical (unpaired) electrons. The number of sulfonamides is 1. The molecule has 7 heteroatoms. The molecule has 1 fully saturated rings. The summed E-state index contributed by atoms with van der Waals surface area (Å²) in [6, 6.07) is 3.44. The van der Waals surface area contributed by atoms with Crippen LogP contribution in [0.4, 0.5) is 0 Å². The van der Waals surface area contributed by atoms with Gasteiger partial charge in [-0.25, -0.2) is 8.42 Å². The molecular formula is C11H17ClN2O2S2. The number of nitrogens with zero attached hydrogens (tertiary/aromatic N) is 1. The van der Waals surface area contributed by atoms with Crippen molar-refractivity contribution in [2.75, 3.05) is 20.1 Å². The molecule has 1 atom stereocenters. The van der Waals surface area contributed by atoms with Crippen molar-refractivity contribution in [3.63, 3.8) is 0 Å². The zero-order valence-corrected chi connectivity index (χ0v) is 12.6. The fraction of sp³-hybridized carbons (Fsp3) is 0.636. The van der Waals surface area contributed by atoms with Crippen LogP contribution in [0.25, 0.3) is 0 Å². The molecule has 1 aromatic rings. The maximum Gasteiger partial charge on any atom is 0.252 e. The van der Waals surface area contributed by atoms with Crippen molar-refractivity contribution >= 4 is 33.0 Å². The first-order valence-corrected chi connectivity index (χ1v) is 8.58. The third kappa shape index (κ3) is 3.24. The highest BCUT2D eigenvalue weighted by Gasteiger charge is 2.25. The molecule has 2 rings (SSSR count). The SMILES string of the molecule is CN(CC1CCCCN1)S(=O)(=O)c1ccc(Cl)s1. The van der Waals surface area contributed by atoms with Gasteiger partial charge in [0.15, 0.2) is 0 Å². The van der Waals surface area contributed by atoms with Crippen molar-refractivity contribution in [2.45, 2.75) is 29.5 Å². The van der Waals surface area contributed by atoms with Crippen LogP contribution in [0.2, 0.25) is 4.34 Å². The molecular weight excluding hydrogens is 292 g/mol. The average molecular weight is 309 g/mol. The summed E-state index contributed by atoms with van der Waals surface area (Å²) in [6.07, 6.45) is 3.37. The third-order valence-electron chi connectivity index (χ3n) is 3.10. The number of piperidine rings is 1. The lowest BCUT2D eigenvalue weighted by atomic mass is 10.1. The van der Waals surface area contributed by atoms with E-state index in [1.54, 1.807) is 19.2 Å². The van der Waals surface area contributed by atoms with Crippen LogP contribution in [-0.2, 0) is 10.0 Å². The molecule has 1 saturated heterocycles. The van der Waals surface area contributed by atoms with Crippen molar-refractivity contribution in [3.05, 3.63) is 16.5 Å². The molecule has 0 aliphatic carbocycles. The second-order valence-electron chi connectivity index (χ2n) is 4.49. The van der Waals surface area contributed by atoms with Crippen LogP contribution in [0.3, 0.4) is 0 Å². The Morgan fingerprint density at radius 1 is 1.50 bits per heavy atom. The summed E-state index contributed by atoms with van der Waals surface area (Å²) in [7, 11) is -1.77. The predicted octanol–water partition coefficient (Wildman–Crippen LogP) is 2.16. The van der Waals surface area contributed by atoms with Gasteiger partial charge in [0.2, 0.25) is 0 Å². The van der Waals surface area contributed by atoms with Crippen LogP contribution in [0.5, 0.6) is 0 Å². The Morgan fingerprint density at radius 3 is 2.83 bits per heavy atom. The molecule has 18 heavy (non-hydrogen) atoms. The molecule has 1 aliphatic rings. The van der Waals surface area contributed by atoms with Gasteiger partial charge in [-0.3, -0.25) is 0 Å². The number of likely N-dealkylation sites (N-methyl/N-ethyl adjacent to an activating group) is 1. The van der Waals surface area contributed by atoms with E-state index < -0.39 is 10.0 Å². The van der Waals surface area contributed by atoms with Gasteiger partial charge in [0.25, 0.3) is 10.0 Å². The second kappa shape index (κ2) is 5.88. The van der Waals surface area contributed by atoms with Crippen LogP contribution in [-0.4, -0.2) is 38.9 Å². The first kappa shape index (κ1) is 14.3. The second-order valence-corrected chi connectivity index (χ2v) is 8.48. The van der Waals surface area contributed by atoms with Crippen molar-refractivity contribution in [1.29, 1.82) is 0 Å². The summed E-state index contributed by atoms with van der Waals surface area (Å²) in [4.78, 5) is 0. The van der Waals surface area contributed by atoms with Crippen molar-refractivity contribution < 1.29 is 8.42 Å².